The Morgan fingerprint density at radius 2 is 1.95 bits per heavy atom. The summed E-state index contributed by atoms with van der Waals surface area (Å²) >= 11 is 8.67. The number of nitrogens with two attached hydrogens (primary N) is 1. The maximum atomic E-state index is 5.68. The van der Waals surface area contributed by atoms with Gasteiger partial charge in [-0.05, 0) is 46.1 Å². The largest absolute Gasteiger partial charge is 0.389 e. The molecule has 1 saturated heterocycles. The highest BCUT2D eigenvalue weighted by atomic mass is 79.9. The molecule has 0 bridgehead atoms. The first-order chi connectivity index (χ1) is 10.1. The van der Waals surface area contributed by atoms with Crippen molar-refractivity contribution in [3.8, 4) is 0 Å². The van der Waals surface area contributed by atoms with E-state index in [4.69, 9.17) is 18.0 Å². The maximum Gasteiger partial charge on any atom is 0.104 e. The van der Waals surface area contributed by atoms with Gasteiger partial charge in [0.2, 0.25) is 0 Å². The van der Waals surface area contributed by atoms with E-state index in [0.717, 1.165) is 23.1 Å². The van der Waals surface area contributed by atoms with Crippen LogP contribution in [0, 0.1) is 0 Å². The molecular formula is C17H17BrN2S. The number of nitrogens with zero attached hydrogens (tertiary/aromatic N) is 1. The summed E-state index contributed by atoms with van der Waals surface area (Å²) in [5.74, 6) is 0.605. The van der Waals surface area contributed by atoms with E-state index in [2.05, 4.69) is 57.2 Å². The van der Waals surface area contributed by atoms with Gasteiger partial charge in [-0.15, -0.1) is 0 Å². The molecule has 2 aromatic carbocycles. The van der Waals surface area contributed by atoms with Gasteiger partial charge < -0.3 is 10.6 Å². The van der Waals surface area contributed by atoms with Crippen molar-refractivity contribution in [1.29, 1.82) is 0 Å². The van der Waals surface area contributed by atoms with Gasteiger partial charge in [0.25, 0.3) is 0 Å². The Bertz CT molecular complexity index is 657. The zero-order valence-electron chi connectivity index (χ0n) is 11.6. The molecule has 108 valence electrons. The van der Waals surface area contributed by atoms with Crippen LogP contribution in [0.3, 0.4) is 0 Å². The lowest BCUT2D eigenvalue weighted by Crippen LogP contribution is -2.20. The third-order valence-corrected chi connectivity index (χ3v) is 4.90. The first kappa shape index (κ1) is 14.5. The van der Waals surface area contributed by atoms with Crippen LogP contribution in [0.1, 0.15) is 23.5 Å². The van der Waals surface area contributed by atoms with E-state index in [1.54, 1.807) is 0 Å². The molecule has 0 radical (unpaired) electrons. The van der Waals surface area contributed by atoms with Gasteiger partial charge in [0.1, 0.15) is 4.99 Å². The molecule has 0 saturated carbocycles. The molecule has 21 heavy (non-hydrogen) atoms. The molecule has 1 fully saturated rings. The van der Waals surface area contributed by atoms with Gasteiger partial charge in [-0.25, -0.2) is 0 Å². The van der Waals surface area contributed by atoms with Crippen molar-refractivity contribution >= 4 is 38.8 Å². The summed E-state index contributed by atoms with van der Waals surface area (Å²) in [6.07, 6.45) is 1.19. The Kier molecular flexibility index (Phi) is 4.27. The summed E-state index contributed by atoms with van der Waals surface area (Å²) in [5.41, 5.74) is 9.23. The summed E-state index contributed by atoms with van der Waals surface area (Å²) in [6.45, 7) is 2.12. The van der Waals surface area contributed by atoms with Crippen molar-refractivity contribution in [2.24, 2.45) is 5.73 Å². The highest BCUT2D eigenvalue weighted by Crippen LogP contribution is 2.34. The van der Waals surface area contributed by atoms with Gasteiger partial charge in [-0.2, -0.15) is 0 Å². The van der Waals surface area contributed by atoms with Gasteiger partial charge in [0, 0.05) is 29.0 Å². The van der Waals surface area contributed by atoms with Crippen molar-refractivity contribution in [3.05, 3.63) is 64.1 Å². The van der Waals surface area contributed by atoms with E-state index >= 15 is 0 Å². The van der Waals surface area contributed by atoms with Crippen molar-refractivity contribution in [3.63, 3.8) is 0 Å². The number of rotatable bonds is 3. The average molecular weight is 361 g/mol. The summed E-state index contributed by atoms with van der Waals surface area (Å²) in [6, 6.07) is 16.9. The zero-order chi connectivity index (χ0) is 14.8. The fourth-order valence-electron chi connectivity index (χ4n) is 2.89. The molecule has 0 spiro atoms. The van der Waals surface area contributed by atoms with Gasteiger partial charge in [0.15, 0.2) is 0 Å². The monoisotopic (exact) mass is 360 g/mol. The topological polar surface area (TPSA) is 29.3 Å². The molecule has 1 heterocycles. The van der Waals surface area contributed by atoms with Crippen molar-refractivity contribution in [1.82, 2.24) is 0 Å². The van der Waals surface area contributed by atoms with Crippen molar-refractivity contribution < 1.29 is 0 Å². The van der Waals surface area contributed by atoms with Crippen LogP contribution in [-0.4, -0.2) is 18.1 Å². The average Bonchev–Trinajstić information content (AvgIpc) is 2.97. The zero-order valence-corrected chi connectivity index (χ0v) is 14.0. The number of thiocarbonyl (C=S) groups is 1. The number of halogens is 1. The lowest BCUT2D eigenvalue weighted by molar-refractivity contribution is 0.775. The molecule has 2 aromatic rings. The Morgan fingerprint density at radius 3 is 2.62 bits per heavy atom. The van der Waals surface area contributed by atoms with E-state index in [0.29, 0.717) is 10.9 Å². The van der Waals surface area contributed by atoms with Crippen LogP contribution < -0.4 is 10.6 Å². The number of hydrogen-bond donors (Lipinski definition) is 1. The van der Waals surface area contributed by atoms with Crippen LogP contribution in [0.2, 0.25) is 0 Å². The Hall–Kier alpha value is -1.39. The minimum absolute atomic E-state index is 0.436. The molecule has 1 aliphatic rings. The van der Waals surface area contributed by atoms with E-state index in [1.807, 2.05) is 12.1 Å². The van der Waals surface area contributed by atoms with Gasteiger partial charge >= 0.3 is 0 Å². The molecule has 0 aromatic heterocycles. The normalized spacial score (nSPS) is 18.0. The fraction of sp³-hybridized carbons (Fsp3) is 0.235. The molecule has 2 nitrogen and oxygen atoms in total. The molecule has 1 unspecified atom stereocenters. The summed E-state index contributed by atoms with van der Waals surface area (Å²) < 4.78 is 1.06. The third-order valence-electron chi connectivity index (χ3n) is 4.03. The number of hydrogen-bond acceptors (Lipinski definition) is 2. The second-order valence-electron chi connectivity index (χ2n) is 5.37. The van der Waals surface area contributed by atoms with Crippen molar-refractivity contribution in [2.45, 2.75) is 12.3 Å². The van der Waals surface area contributed by atoms with Crippen LogP contribution in [0.25, 0.3) is 0 Å². The van der Waals surface area contributed by atoms with Gasteiger partial charge in [-0.3, -0.25) is 0 Å². The fourth-order valence-corrected chi connectivity index (χ4v) is 3.65. The predicted octanol–water partition coefficient (Wildman–Crippen LogP) is 4.08. The molecule has 1 aliphatic heterocycles. The van der Waals surface area contributed by atoms with Crippen LogP contribution >= 0.6 is 28.1 Å². The first-order valence-electron chi connectivity index (χ1n) is 7.04. The Balaban J connectivity index is 1.79. The molecule has 2 N–H and O–H groups in total. The standard InChI is InChI=1S/C17H17BrN2S/c18-15-10-13(17(19)21)6-7-16(15)20-9-8-14(11-20)12-4-2-1-3-5-12/h1-7,10,14H,8-9,11H2,(H2,19,21). The van der Waals surface area contributed by atoms with Crippen LogP contribution in [0.5, 0.6) is 0 Å². The van der Waals surface area contributed by atoms with Crippen LogP contribution in [-0.2, 0) is 0 Å². The van der Waals surface area contributed by atoms with Crippen molar-refractivity contribution in [2.75, 3.05) is 18.0 Å². The lowest BCUT2D eigenvalue weighted by Gasteiger charge is -2.21. The van der Waals surface area contributed by atoms with E-state index in [-0.39, 0.29) is 0 Å². The van der Waals surface area contributed by atoms with Crippen LogP contribution in [0.15, 0.2) is 53.0 Å². The summed E-state index contributed by atoms with van der Waals surface area (Å²) in [7, 11) is 0. The molecular weight excluding hydrogens is 344 g/mol. The third kappa shape index (κ3) is 3.11. The summed E-state index contributed by atoms with van der Waals surface area (Å²) in [4.78, 5) is 2.86. The Morgan fingerprint density at radius 1 is 1.19 bits per heavy atom. The molecule has 1 atom stereocenters. The Labute approximate surface area is 139 Å². The lowest BCUT2D eigenvalue weighted by atomic mass is 9.99. The second-order valence-corrected chi connectivity index (χ2v) is 6.67. The van der Waals surface area contributed by atoms with Crippen LogP contribution in [0.4, 0.5) is 5.69 Å². The number of anilines is 1. The quantitative estimate of drug-likeness (QED) is 0.836. The van der Waals surface area contributed by atoms with E-state index < -0.39 is 0 Å². The highest BCUT2D eigenvalue weighted by Gasteiger charge is 2.25. The minimum Gasteiger partial charge on any atom is -0.389 e. The molecule has 0 aliphatic carbocycles. The van der Waals surface area contributed by atoms with Gasteiger partial charge in [0.05, 0.1) is 5.69 Å². The minimum atomic E-state index is 0.436. The maximum absolute atomic E-state index is 5.68. The van der Waals surface area contributed by atoms with E-state index in [9.17, 15) is 0 Å². The van der Waals surface area contributed by atoms with Gasteiger partial charge in [-0.1, -0.05) is 42.5 Å². The first-order valence-corrected chi connectivity index (χ1v) is 8.24. The smallest absolute Gasteiger partial charge is 0.104 e. The molecule has 0 amide bonds. The predicted molar refractivity (Wildman–Crippen MR) is 96.0 cm³/mol. The number of benzene rings is 2. The molecule has 3 rings (SSSR count). The second kappa shape index (κ2) is 6.16. The SMILES string of the molecule is NC(=S)c1ccc(N2CCC(c3ccccc3)C2)c(Br)c1. The van der Waals surface area contributed by atoms with E-state index in [1.165, 1.54) is 17.7 Å². The summed E-state index contributed by atoms with van der Waals surface area (Å²) in [5, 5.41) is 0. The highest BCUT2D eigenvalue weighted by molar-refractivity contribution is 9.10. The molecule has 4 heteroatoms.